The van der Waals surface area contributed by atoms with Crippen LogP contribution in [0.3, 0.4) is 0 Å². The Bertz CT molecular complexity index is 751. The van der Waals surface area contributed by atoms with E-state index in [0.717, 1.165) is 62.2 Å². The predicted molar refractivity (Wildman–Crippen MR) is 107 cm³/mol. The van der Waals surface area contributed by atoms with Gasteiger partial charge in [0.1, 0.15) is 0 Å². The molecule has 6 nitrogen and oxygen atoms in total. The second-order valence-corrected chi connectivity index (χ2v) is 8.23. The molecule has 0 saturated carbocycles. The quantitative estimate of drug-likeness (QED) is 0.716. The Morgan fingerprint density at radius 2 is 1.63 bits per heavy atom. The Hall–Kier alpha value is -1.86. The molecule has 0 atom stereocenters. The number of hydrogen-bond donors (Lipinski definition) is 0. The average Bonchev–Trinajstić information content (AvgIpc) is 3.38. The highest BCUT2D eigenvalue weighted by Gasteiger charge is 2.22. The van der Waals surface area contributed by atoms with E-state index in [1.165, 1.54) is 31.0 Å². The third-order valence-electron chi connectivity index (χ3n) is 5.31. The van der Waals surface area contributed by atoms with Gasteiger partial charge in [-0.05, 0) is 50.9 Å². The van der Waals surface area contributed by atoms with Crippen LogP contribution in [0.4, 0.5) is 0 Å². The maximum absolute atomic E-state index is 12.4. The lowest BCUT2D eigenvalue weighted by molar-refractivity contribution is -0.127. The third-order valence-corrected chi connectivity index (χ3v) is 6.23. The molecule has 2 fully saturated rings. The molecule has 2 saturated heterocycles. The maximum Gasteiger partial charge on any atom is 0.233 e. The number of nitrogens with zero attached hydrogens (tertiary/aromatic N) is 5. The maximum atomic E-state index is 12.4. The number of piperidine rings is 1. The number of hydrogen-bond acceptors (Lipinski definition) is 5. The van der Waals surface area contributed by atoms with Gasteiger partial charge in [0.05, 0.1) is 12.3 Å². The molecule has 3 heterocycles. The van der Waals surface area contributed by atoms with Crippen LogP contribution in [-0.2, 0) is 11.3 Å². The molecular weight excluding hydrogens is 358 g/mol. The van der Waals surface area contributed by atoms with Crippen molar-refractivity contribution in [1.29, 1.82) is 0 Å². The Labute approximate surface area is 164 Å². The summed E-state index contributed by atoms with van der Waals surface area (Å²) in [7, 11) is 0. The summed E-state index contributed by atoms with van der Waals surface area (Å²) >= 11 is 1.50. The van der Waals surface area contributed by atoms with Gasteiger partial charge in [-0.2, -0.15) is 0 Å². The molecule has 2 aliphatic heterocycles. The SMILES string of the molecule is O=C(CSc1nnc(CN2CCCCC2)n1-c1ccccc1)N1CCCC1. The van der Waals surface area contributed by atoms with Crippen molar-refractivity contribution in [2.45, 2.75) is 43.8 Å². The zero-order valence-corrected chi connectivity index (χ0v) is 16.5. The molecule has 7 heteroatoms. The molecular formula is C20H27N5OS. The van der Waals surface area contributed by atoms with Crippen molar-refractivity contribution in [2.75, 3.05) is 31.9 Å². The molecule has 27 heavy (non-hydrogen) atoms. The normalized spacial score (nSPS) is 18.1. The zero-order chi connectivity index (χ0) is 18.5. The van der Waals surface area contributed by atoms with Crippen LogP contribution in [0.1, 0.15) is 37.9 Å². The summed E-state index contributed by atoms with van der Waals surface area (Å²) in [4.78, 5) is 16.8. The van der Waals surface area contributed by atoms with E-state index in [-0.39, 0.29) is 5.91 Å². The minimum atomic E-state index is 0.206. The van der Waals surface area contributed by atoms with Crippen molar-refractivity contribution >= 4 is 17.7 Å². The standard InChI is InChI=1S/C20H27N5OS/c26-19(24-13-7-8-14-24)16-27-20-22-21-18(15-23-11-5-2-6-12-23)25(20)17-9-3-1-4-10-17/h1,3-4,9-10H,2,5-8,11-16H2. The summed E-state index contributed by atoms with van der Waals surface area (Å²) in [5.41, 5.74) is 1.06. The van der Waals surface area contributed by atoms with Gasteiger partial charge in [-0.25, -0.2) is 0 Å². The lowest BCUT2D eigenvalue weighted by Crippen LogP contribution is -2.30. The van der Waals surface area contributed by atoms with Crippen LogP contribution in [0.2, 0.25) is 0 Å². The second-order valence-electron chi connectivity index (χ2n) is 7.28. The summed E-state index contributed by atoms with van der Waals surface area (Å²) in [6, 6.07) is 10.2. The molecule has 0 spiro atoms. The Kier molecular flexibility index (Phi) is 6.09. The highest BCUT2D eigenvalue weighted by atomic mass is 32.2. The van der Waals surface area contributed by atoms with Crippen molar-refractivity contribution in [2.24, 2.45) is 0 Å². The molecule has 0 unspecified atom stereocenters. The van der Waals surface area contributed by atoms with E-state index in [1.54, 1.807) is 0 Å². The number of likely N-dealkylation sites (tertiary alicyclic amines) is 2. The van der Waals surface area contributed by atoms with E-state index in [4.69, 9.17) is 0 Å². The first kappa shape index (κ1) is 18.5. The van der Waals surface area contributed by atoms with Crippen molar-refractivity contribution < 1.29 is 4.79 Å². The Balaban J connectivity index is 1.52. The summed E-state index contributed by atoms with van der Waals surface area (Å²) in [6.07, 6.45) is 6.07. The van der Waals surface area contributed by atoms with E-state index in [9.17, 15) is 4.79 Å². The topological polar surface area (TPSA) is 54.3 Å². The van der Waals surface area contributed by atoms with Crippen LogP contribution < -0.4 is 0 Å². The van der Waals surface area contributed by atoms with Crippen LogP contribution >= 0.6 is 11.8 Å². The lowest BCUT2D eigenvalue weighted by atomic mass is 10.1. The van der Waals surface area contributed by atoms with Gasteiger partial charge in [-0.1, -0.05) is 36.4 Å². The van der Waals surface area contributed by atoms with E-state index in [0.29, 0.717) is 5.75 Å². The predicted octanol–water partition coefficient (Wildman–Crippen LogP) is 2.97. The fraction of sp³-hybridized carbons (Fsp3) is 0.550. The molecule has 0 bridgehead atoms. The lowest BCUT2D eigenvalue weighted by Gasteiger charge is -2.26. The fourth-order valence-corrected chi connectivity index (χ4v) is 4.71. The molecule has 1 aromatic carbocycles. The van der Waals surface area contributed by atoms with Gasteiger partial charge >= 0.3 is 0 Å². The molecule has 2 aromatic rings. The van der Waals surface area contributed by atoms with Gasteiger partial charge in [-0.15, -0.1) is 10.2 Å². The van der Waals surface area contributed by atoms with E-state index in [1.807, 2.05) is 23.1 Å². The summed E-state index contributed by atoms with van der Waals surface area (Å²) in [5.74, 6) is 1.59. The number of aromatic nitrogens is 3. The van der Waals surface area contributed by atoms with E-state index >= 15 is 0 Å². The molecule has 1 aromatic heterocycles. The first-order valence-electron chi connectivity index (χ1n) is 9.94. The minimum Gasteiger partial charge on any atom is -0.342 e. The van der Waals surface area contributed by atoms with Gasteiger partial charge in [0.25, 0.3) is 0 Å². The summed E-state index contributed by atoms with van der Waals surface area (Å²) in [6.45, 7) is 4.84. The molecule has 0 aliphatic carbocycles. The van der Waals surface area contributed by atoms with Gasteiger partial charge in [0.2, 0.25) is 5.91 Å². The first-order valence-corrected chi connectivity index (χ1v) is 10.9. The average molecular weight is 386 g/mol. The Morgan fingerprint density at radius 3 is 2.37 bits per heavy atom. The minimum absolute atomic E-state index is 0.206. The highest BCUT2D eigenvalue weighted by Crippen LogP contribution is 2.24. The third kappa shape index (κ3) is 4.52. The summed E-state index contributed by atoms with van der Waals surface area (Å²) < 4.78 is 2.12. The van der Waals surface area contributed by atoms with Gasteiger partial charge in [0, 0.05) is 18.8 Å². The van der Waals surface area contributed by atoms with Crippen LogP contribution in [0.5, 0.6) is 0 Å². The molecule has 0 N–H and O–H groups in total. The molecule has 144 valence electrons. The Morgan fingerprint density at radius 1 is 0.926 bits per heavy atom. The van der Waals surface area contributed by atoms with Crippen molar-refractivity contribution in [3.63, 3.8) is 0 Å². The van der Waals surface area contributed by atoms with Crippen molar-refractivity contribution in [1.82, 2.24) is 24.6 Å². The number of benzene rings is 1. The van der Waals surface area contributed by atoms with Crippen LogP contribution in [-0.4, -0.2) is 62.4 Å². The zero-order valence-electron chi connectivity index (χ0n) is 15.7. The second kappa shape index (κ2) is 8.89. The van der Waals surface area contributed by atoms with Crippen molar-refractivity contribution in [3.05, 3.63) is 36.2 Å². The van der Waals surface area contributed by atoms with E-state index in [2.05, 4.69) is 31.8 Å². The molecule has 4 rings (SSSR count). The van der Waals surface area contributed by atoms with Gasteiger partial charge in [-0.3, -0.25) is 14.3 Å². The number of thioether (sulfide) groups is 1. The van der Waals surface area contributed by atoms with Crippen LogP contribution in [0.15, 0.2) is 35.5 Å². The number of rotatable bonds is 6. The molecule has 1 amide bonds. The van der Waals surface area contributed by atoms with Gasteiger partial charge < -0.3 is 4.90 Å². The van der Waals surface area contributed by atoms with Crippen molar-refractivity contribution in [3.8, 4) is 5.69 Å². The van der Waals surface area contributed by atoms with Gasteiger partial charge in [0.15, 0.2) is 11.0 Å². The van der Waals surface area contributed by atoms with Crippen LogP contribution in [0.25, 0.3) is 5.69 Å². The number of para-hydroxylation sites is 1. The van der Waals surface area contributed by atoms with E-state index < -0.39 is 0 Å². The monoisotopic (exact) mass is 385 g/mol. The number of carbonyl (C=O) groups is 1. The number of carbonyl (C=O) groups excluding carboxylic acids is 1. The first-order chi connectivity index (χ1) is 13.3. The van der Waals surface area contributed by atoms with Crippen LogP contribution in [0, 0.1) is 0 Å². The smallest absolute Gasteiger partial charge is 0.233 e. The molecule has 2 aliphatic rings. The highest BCUT2D eigenvalue weighted by molar-refractivity contribution is 7.99. The fourth-order valence-electron chi connectivity index (χ4n) is 3.83. The molecule has 0 radical (unpaired) electrons. The summed E-state index contributed by atoms with van der Waals surface area (Å²) in [5, 5.41) is 9.73. The largest absolute Gasteiger partial charge is 0.342 e. The number of amides is 1.